The summed E-state index contributed by atoms with van der Waals surface area (Å²) >= 11 is 0. The highest BCUT2D eigenvalue weighted by molar-refractivity contribution is 7.00. The first-order chi connectivity index (χ1) is 40.5. The number of allylic oxidation sites excluding steroid dienone is 1. The van der Waals surface area contributed by atoms with Gasteiger partial charge in [-0.2, -0.15) is 0 Å². The number of para-hydroxylation sites is 5. The predicted octanol–water partition coefficient (Wildman–Crippen LogP) is 17.8. The maximum absolute atomic E-state index is 6.69. The lowest BCUT2D eigenvalue weighted by Crippen LogP contribution is -2.61. The Bertz CT molecular complexity index is 5050. The van der Waals surface area contributed by atoms with Gasteiger partial charge in [-0.05, 0) is 178 Å². The van der Waals surface area contributed by atoms with Crippen molar-refractivity contribution < 1.29 is 8.83 Å². The van der Waals surface area contributed by atoms with Gasteiger partial charge in [0.2, 0.25) is 0 Å². The van der Waals surface area contributed by atoms with Crippen molar-refractivity contribution in [2.75, 3.05) is 9.80 Å². The van der Waals surface area contributed by atoms with Gasteiger partial charge >= 0.3 is 0 Å². The molecule has 10 aromatic carbocycles. The number of furan rings is 2. The Morgan fingerprint density at radius 1 is 0.476 bits per heavy atom. The van der Waals surface area contributed by atoms with Crippen molar-refractivity contribution in [2.45, 2.75) is 80.1 Å². The molecule has 408 valence electrons. The van der Waals surface area contributed by atoms with Gasteiger partial charge in [-0.3, -0.25) is 0 Å². The molecule has 0 saturated carbocycles. The van der Waals surface area contributed by atoms with Gasteiger partial charge in [0.1, 0.15) is 22.2 Å². The number of hydrogen-bond acceptors (Lipinski definition) is 4. The number of anilines is 6. The number of nitrogens with zero attached hydrogens (tertiary/aromatic N) is 3. The van der Waals surface area contributed by atoms with E-state index in [0.29, 0.717) is 0 Å². The van der Waals surface area contributed by atoms with Crippen LogP contribution in [0, 0.1) is 27.7 Å². The second-order valence-corrected chi connectivity index (χ2v) is 25.6. The van der Waals surface area contributed by atoms with Crippen LogP contribution in [0.1, 0.15) is 80.5 Å². The Hall–Kier alpha value is -9.52. The molecule has 15 rings (SSSR count). The molecule has 5 nitrogen and oxygen atoms in total. The topological polar surface area (TPSA) is 37.7 Å². The van der Waals surface area contributed by atoms with E-state index in [1.54, 1.807) is 0 Å². The van der Waals surface area contributed by atoms with Gasteiger partial charge in [-0.15, -0.1) is 0 Å². The van der Waals surface area contributed by atoms with Gasteiger partial charge < -0.3 is 23.2 Å². The molecule has 0 bridgehead atoms. The first-order valence-corrected chi connectivity index (χ1v) is 29.5. The average molecular weight is 1090 g/mol. The maximum atomic E-state index is 6.69. The molecule has 0 amide bonds. The molecule has 0 fully saturated rings. The molecule has 0 aliphatic carbocycles. The first kappa shape index (κ1) is 51.4. The lowest BCUT2D eigenvalue weighted by Gasteiger charge is -2.46. The number of fused-ring (bicyclic) bond motifs is 11. The molecule has 0 saturated heterocycles. The van der Waals surface area contributed by atoms with Crippen LogP contribution in [0.15, 0.2) is 210 Å². The molecule has 3 aromatic heterocycles. The van der Waals surface area contributed by atoms with Crippen molar-refractivity contribution in [1.29, 1.82) is 0 Å². The van der Waals surface area contributed by atoms with Crippen molar-refractivity contribution in [3.63, 3.8) is 0 Å². The summed E-state index contributed by atoms with van der Waals surface area (Å²) in [6.45, 7) is 32.0. The van der Waals surface area contributed by atoms with Crippen LogP contribution in [0.25, 0.3) is 83.7 Å². The summed E-state index contributed by atoms with van der Waals surface area (Å²) in [6, 6.07) is 69.8. The zero-order valence-corrected chi connectivity index (χ0v) is 49.6. The Labute approximate surface area is 491 Å². The fourth-order valence-electron chi connectivity index (χ4n) is 14.3. The van der Waals surface area contributed by atoms with Crippen LogP contribution in [0.5, 0.6) is 0 Å². The maximum Gasteiger partial charge on any atom is 0.252 e. The average Bonchev–Trinajstić information content (AvgIpc) is 0.825. The molecular weight excluding hydrogens is 1020 g/mol. The third-order valence-electron chi connectivity index (χ3n) is 18.2. The summed E-state index contributed by atoms with van der Waals surface area (Å²) in [4.78, 5) is 5.28. The number of aromatic nitrogens is 1. The number of benzene rings is 10. The fraction of sp³-hybridized carbons (Fsp3) is 0.154. The highest BCUT2D eigenvalue weighted by atomic mass is 16.3. The van der Waals surface area contributed by atoms with E-state index in [0.717, 1.165) is 99.5 Å². The third kappa shape index (κ3) is 7.62. The normalized spacial score (nSPS) is 13.6. The molecule has 2 aliphatic heterocycles. The summed E-state index contributed by atoms with van der Waals surface area (Å²) in [5.74, 6) is 0. The lowest BCUT2D eigenvalue weighted by atomic mass is 9.33. The van der Waals surface area contributed by atoms with Gasteiger partial charge in [0, 0.05) is 71.7 Å². The van der Waals surface area contributed by atoms with Crippen LogP contribution in [0.3, 0.4) is 0 Å². The van der Waals surface area contributed by atoms with Crippen molar-refractivity contribution in [3.05, 3.63) is 250 Å². The smallest absolute Gasteiger partial charge is 0.252 e. The van der Waals surface area contributed by atoms with Crippen LogP contribution in [0.4, 0.5) is 34.1 Å². The van der Waals surface area contributed by atoms with Crippen molar-refractivity contribution in [2.24, 2.45) is 0 Å². The molecule has 5 heterocycles. The molecule has 0 N–H and O–H groups in total. The molecule has 0 atom stereocenters. The van der Waals surface area contributed by atoms with E-state index >= 15 is 0 Å². The lowest BCUT2D eigenvalue weighted by molar-refractivity contribution is 0.573. The van der Waals surface area contributed by atoms with Crippen LogP contribution in [0.2, 0.25) is 0 Å². The van der Waals surface area contributed by atoms with Gasteiger partial charge in [0.05, 0.1) is 22.4 Å². The molecule has 0 spiro atoms. The Morgan fingerprint density at radius 3 is 1.68 bits per heavy atom. The van der Waals surface area contributed by atoms with Crippen LogP contribution in [-0.2, 0) is 10.8 Å². The second kappa shape index (κ2) is 18.5. The monoisotopic (exact) mass is 1090 g/mol. The largest absolute Gasteiger partial charge is 0.455 e. The van der Waals surface area contributed by atoms with Crippen LogP contribution in [-0.4, -0.2) is 11.3 Å². The Morgan fingerprint density at radius 2 is 1.04 bits per heavy atom. The van der Waals surface area contributed by atoms with E-state index in [4.69, 9.17) is 8.83 Å². The quantitative estimate of drug-likeness (QED) is 0.156. The molecular formula is C78H66BN3O2. The molecule has 84 heavy (non-hydrogen) atoms. The molecule has 2 aliphatic rings. The molecule has 0 unspecified atom stereocenters. The zero-order valence-electron chi connectivity index (χ0n) is 49.6. The van der Waals surface area contributed by atoms with Gasteiger partial charge in [-0.25, -0.2) is 0 Å². The SMILES string of the molecule is C=C/C(c1cc(C)c(N2c3cc4c(cc3B3c5ccc(C(C)(C)C)cc5N(c5c(C)cc(-c6cccc7c6oc6ccccc67)cc5C)c5cc(C(C)(C)C)cc2c53)c2ccccc2n4-c2ccccc2)c(C)c1)=c1/oc2ccccc2c1=C. The first-order valence-electron chi connectivity index (χ1n) is 29.5. The van der Waals surface area contributed by atoms with Gasteiger partial charge in [0.25, 0.3) is 6.71 Å². The molecule has 13 aromatic rings. The van der Waals surface area contributed by atoms with Crippen molar-refractivity contribution in [3.8, 4) is 16.8 Å². The van der Waals surface area contributed by atoms with Crippen molar-refractivity contribution >= 4 is 124 Å². The van der Waals surface area contributed by atoms with E-state index in [1.165, 1.54) is 77.7 Å². The molecule has 6 heteroatoms. The second-order valence-electron chi connectivity index (χ2n) is 25.6. The summed E-state index contributed by atoms with van der Waals surface area (Å²) in [7, 11) is 0. The summed E-state index contributed by atoms with van der Waals surface area (Å²) < 4.78 is 15.8. The van der Waals surface area contributed by atoms with Gasteiger partial charge in [0.15, 0.2) is 0 Å². The van der Waals surface area contributed by atoms with E-state index in [9.17, 15) is 0 Å². The number of hydrogen-bond donors (Lipinski definition) is 0. The summed E-state index contributed by atoms with van der Waals surface area (Å²) in [6.07, 6.45) is 1.93. The third-order valence-corrected chi connectivity index (χ3v) is 18.2. The van der Waals surface area contributed by atoms with Crippen LogP contribution < -0.4 is 36.8 Å². The minimum Gasteiger partial charge on any atom is -0.455 e. The minimum absolute atomic E-state index is 0.116. The van der Waals surface area contributed by atoms with E-state index in [2.05, 4.69) is 267 Å². The molecule has 0 radical (unpaired) electrons. The van der Waals surface area contributed by atoms with Gasteiger partial charge in [-0.1, -0.05) is 170 Å². The summed E-state index contributed by atoms with van der Waals surface area (Å²) in [5.41, 5.74) is 28.8. The number of aryl methyl sites for hydroxylation is 4. The minimum atomic E-state index is -0.227. The predicted molar refractivity (Wildman–Crippen MR) is 358 cm³/mol. The Kier molecular flexibility index (Phi) is 11.3. The highest BCUT2D eigenvalue weighted by Crippen LogP contribution is 2.51. The van der Waals surface area contributed by atoms with E-state index < -0.39 is 0 Å². The van der Waals surface area contributed by atoms with E-state index in [1.807, 2.05) is 24.3 Å². The fourth-order valence-corrected chi connectivity index (χ4v) is 14.3. The zero-order chi connectivity index (χ0) is 57.8. The highest BCUT2D eigenvalue weighted by Gasteiger charge is 2.46. The standard InChI is InChI=1S/C78H66BN3O2/c1-13-55(75-49(6)56-26-18-21-32-70(56)83-75)50-36-45(2)74(46(3)37-50)82-67-44-65-61(58-27-17-20-31-64(58)80(65)54-24-15-14-16-25-54)43-63(67)79-62-35-34-52(77(7,8)9)40-66(62)81(68-41-53(78(10,11)12)42-69(82)72(68)79)73-47(4)38-51(39-48(73)5)57-29-23-30-60-59-28-19-22-33-71(59)84-76(57)60/h13-44H,1,6H2,2-5,7-12H3/b75-55-. The van der Waals surface area contributed by atoms with Crippen molar-refractivity contribution in [1.82, 2.24) is 4.57 Å². The Balaban J connectivity index is 1.04. The van der Waals surface area contributed by atoms with Crippen LogP contribution >= 0.6 is 0 Å². The van der Waals surface area contributed by atoms with E-state index in [-0.39, 0.29) is 17.5 Å². The summed E-state index contributed by atoms with van der Waals surface area (Å²) in [5, 5.41) is 6.58. The number of rotatable bonds is 6.